The maximum absolute atomic E-state index is 5.23. The molecule has 19 heavy (non-hydrogen) atoms. The standard InChI is InChI=1S/C13H26N4OS/c1-6-14-9-12-11(10-18-5)15-13(19-12)17(4)8-7-16(2)3/h14H,6-10H2,1-5H3. The summed E-state index contributed by atoms with van der Waals surface area (Å²) in [7, 11) is 7.98. The molecule has 5 nitrogen and oxygen atoms in total. The Morgan fingerprint density at radius 1 is 1.26 bits per heavy atom. The molecule has 0 aliphatic rings. The molecule has 0 saturated heterocycles. The van der Waals surface area contributed by atoms with Crippen LogP contribution < -0.4 is 10.2 Å². The van der Waals surface area contributed by atoms with Gasteiger partial charge in [-0.05, 0) is 20.6 Å². The van der Waals surface area contributed by atoms with Crippen molar-refractivity contribution >= 4 is 16.5 Å². The highest BCUT2D eigenvalue weighted by Gasteiger charge is 2.13. The first-order valence-corrected chi connectivity index (χ1v) is 7.44. The van der Waals surface area contributed by atoms with Crippen LogP contribution in [0.3, 0.4) is 0 Å². The summed E-state index contributed by atoms with van der Waals surface area (Å²) >= 11 is 1.75. The zero-order valence-corrected chi connectivity index (χ0v) is 13.5. The van der Waals surface area contributed by atoms with E-state index in [1.54, 1.807) is 18.4 Å². The summed E-state index contributed by atoms with van der Waals surface area (Å²) in [6.45, 7) is 6.54. The molecule has 0 saturated carbocycles. The van der Waals surface area contributed by atoms with Gasteiger partial charge in [-0.15, -0.1) is 11.3 Å². The van der Waals surface area contributed by atoms with Crippen LogP contribution in [0.25, 0.3) is 0 Å². The van der Waals surface area contributed by atoms with E-state index in [4.69, 9.17) is 9.72 Å². The van der Waals surface area contributed by atoms with Gasteiger partial charge in [0.2, 0.25) is 0 Å². The fraction of sp³-hybridized carbons (Fsp3) is 0.769. The molecule has 0 atom stereocenters. The van der Waals surface area contributed by atoms with Gasteiger partial charge in [0.15, 0.2) is 5.13 Å². The molecule has 0 aromatic carbocycles. The minimum Gasteiger partial charge on any atom is -0.378 e. The van der Waals surface area contributed by atoms with E-state index in [0.717, 1.165) is 37.0 Å². The Bertz CT molecular complexity index is 368. The highest BCUT2D eigenvalue weighted by Crippen LogP contribution is 2.26. The van der Waals surface area contributed by atoms with Gasteiger partial charge in [0.05, 0.1) is 12.3 Å². The van der Waals surface area contributed by atoms with Crippen molar-refractivity contribution in [3.63, 3.8) is 0 Å². The van der Waals surface area contributed by atoms with E-state index in [0.29, 0.717) is 6.61 Å². The first-order valence-electron chi connectivity index (χ1n) is 6.62. The van der Waals surface area contributed by atoms with Crippen LogP contribution in [-0.2, 0) is 17.9 Å². The number of anilines is 1. The minimum absolute atomic E-state index is 0.582. The van der Waals surface area contributed by atoms with Crippen molar-refractivity contribution in [3.8, 4) is 0 Å². The first-order chi connectivity index (χ1) is 9.08. The zero-order chi connectivity index (χ0) is 14.3. The van der Waals surface area contributed by atoms with Crippen LogP contribution in [0.4, 0.5) is 5.13 Å². The van der Waals surface area contributed by atoms with E-state index in [9.17, 15) is 0 Å². The lowest BCUT2D eigenvalue weighted by Crippen LogP contribution is -2.28. The topological polar surface area (TPSA) is 40.6 Å². The first kappa shape index (κ1) is 16.4. The lowest BCUT2D eigenvalue weighted by molar-refractivity contribution is 0.181. The van der Waals surface area contributed by atoms with Crippen LogP contribution in [0.1, 0.15) is 17.5 Å². The van der Waals surface area contributed by atoms with Crippen LogP contribution in [0.2, 0.25) is 0 Å². The van der Waals surface area contributed by atoms with E-state index in [1.807, 2.05) is 0 Å². The number of aromatic nitrogens is 1. The molecule has 0 unspecified atom stereocenters. The number of nitrogens with zero attached hydrogens (tertiary/aromatic N) is 3. The highest BCUT2D eigenvalue weighted by atomic mass is 32.1. The fourth-order valence-corrected chi connectivity index (χ4v) is 2.62. The van der Waals surface area contributed by atoms with E-state index in [2.05, 4.69) is 43.2 Å². The Balaban J connectivity index is 2.71. The molecule has 0 radical (unpaired) electrons. The molecule has 1 N–H and O–H groups in total. The van der Waals surface area contributed by atoms with Gasteiger partial charge in [0.1, 0.15) is 0 Å². The van der Waals surface area contributed by atoms with Crippen molar-refractivity contribution < 1.29 is 4.74 Å². The third-order valence-corrected chi connectivity index (χ3v) is 4.00. The summed E-state index contributed by atoms with van der Waals surface area (Å²) in [5.74, 6) is 0. The fourth-order valence-electron chi connectivity index (χ4n) is 1.60. The number of hydrogen-bond acceptors (Lipinski definition) is 6. The summed E-state index contributed by atoms with van der Waals surface area (Å²) in [6.07, 6.45) is 0. The summed E-state index contributed by atoms with van der Waals surface area (Å²) in [5.41, 5.74) is 1.06. The number of rotatable bonds is 9. The van der Waals surface area contributed by atoms with E-state index >= 15 is 0 Å². The van der Waals surface area contributed by atoms with E-state index < -0.39 is 0 Å². The zero-order valence-electron chi connectivity index (χ0n) is 12.7. The Labute approximate surface area is 120 Å². The molecule has 1 rings (SSSR count). The second-order valence-corrected chi connectivity index (χ2v) is 5.87. The highest BCUT2D eigenvalue weighted by molar-refractivity contribution is 7.15. The van der Waals surface area contributed by atoms with Crippen LogP contribution in [0, 0.1) is 0 Å². The number of likely N-dealkylation sites (N-methyl/N-ethyl adjacent to an activating group) is 2. The van der Waals surface area contributed by atoms with Crippen molar-refractivity contribution in [3.05, 3.63) is 10.6 Å². The summed E-state index contributed by atoms with van der Waals surface area (Å²) in [4.78, 5) is 10.4. The average Bonchev–Trinajstić information content (AvgIpc) is 2.77. The van der Waals surface area contributed by atoms with Crippen LogP contribution in [0.5, 0.6) is 0 Å². The molecular formula is C13H26N4OS. The van der Waals surface area contributed by atoms with Crippen molar-refractivity contribution in [1.82, 2.24) is 15.2 Å². The predicted molar refractivity (Wildman–Crippen MR) is 82.0 cm³/mol. The molecule has 1 aromatic heterocycles. The Morgan fingerprint density at radius 2 is 2.00 bits per heavy atom. The molecule has 110 valence electrons. The van der Waals surface area contributed by atoms with Gasteiger partial charge in [0.25, 0.3) is 0 Å². The number of nitrogens with one attached hydrogen (secondary N) is 1. The van der Waals surface area contributed by atoms with Crippen molar-refractivity contribution in [2.75, 3.05) is 52.8 Å². The molecule has 0 bridgehead atoms. The number of methoxy groups -OCH3 is 1. The Morgan fingerprint density at radius 3 is 2.58 bits per heavy atom. The molecule has 1 heterocycles. The maximum Gasteiger partial charge on any atom is 0.185 e. The smallest absolute Gasteiger partial charge is 0.185 e. The van der Waals surface area contributed by atoms with Gasteiger partial charge in [-0.2, -0.15) is 0 Å². The predicted octanol–water partition coefficient (Wildman–Crippen LogP) is 1.40. The molecule has 6 heteroatoms. The van der Waals surface area contributed by atoms with Crippen LogP contribution >= 0.6 is 11.3 Å². The monoisotopic (exact) mass is 286 g/mol. The van der Waals surface area contributed by atoms with Crippen molar-refractivity contribution in [2.24, 2.45) is 0 Å². The van der Waals surface area contributed by atoms with Gasteiger partial charge in [-0.3, -0.25) is 0 Å². The van der Waals surface area contributed by atoms with E-state index in [1.165, 1.54) is 4.88 Å². The second kappa shape index (κ2) is 8.47. The molecule has 1 aromatic rings. The lowest BCUT2D eigenvalue weighted by atomic mass is 10.3. The van der Waals surface area contributed by atoms with Gasteiger partial charge in [-0.25, -0.2) is 4.98 Å². The minimum atomic E-state index is 0.582. The second-order valence-electron chi connectivity index (χ2n) is 4.80. The van der Waals surface area contributed by atoms with E-state index in [-0.39, 0.29) is 0 Å². The van der Waals surface area contributed by atoms with Crippen molar-refractivity contribution in [1.29, 1.82) is 0 Å². The average molecular weight is 286 g/mol. The van der Waals surface area contributed by atoms with Gasteiger partial charge < -0.3 is 19.9 Å². The Kier molecular flexibility index (Phi) is 7.30. The molecular weight excluding hydrogens is 260 g/mol. The van der Waals surface area contributed by atoms with Crippen LogP contribution in [0.15, 0.2) is 0 Å². The van der Waals surface area contributed by atoms with Crippen LogP contribution in [-0.4, -0.2) is 57.8 Å². The third kappa shape index (κ3) is 5.44. The molecule has 0 fully saturated rings. The molecule has 0 aliphatic carbocycles. The summed E-state index contributed by atoms with van der Waals surface area (Å²) in [6, 6.07) is 0. The maximum atomic E-state index is 5.23. The molecule has 0 aliphatic heterocycles. The summed E-state index contributed by atoms with van der Waals surface area (Å²) < 4.78 is 5.23. The largest absolute Gasteiger partial charge is 0.378 e. The summed E-state index contributed by atoms with van der Waals surface area (Å²) in [5, 5.41) is 4.43. The number of ether oxygens (including phenoxy) is 1. The third-order valence-electron chi connectivity index (χ3n) is 2.79. The van der Waals surface area contributed by atoms with Gasteiger partial charge >= 0.3 is 0 Å². The normalized spacial score (nSPS) is 11.3. The molecule has 0 spiro atoms. The Hall–Kier alpha value is -0.690. The quantitative estimate of drug-likeness (QED) is 0.743. The number of hydrogen-bond donors (Lipinski definition) is 1. The van der Waals surface area contributed by atoms with Crippen molar-refractivity contribution in [2.45, 2.75) is 20.1 Å². The van der Waals surface area contributed by atoms with Gasteiger partial charge in [0, 0.05) is 38.7 Å². The van der Waals surface area contributed by atoms with Gasteiger partial charge in [-0.1, -0.05) is 6.92 Å². The lowest BCUT2D eigenvalue weighted by Gasteiger charge is -2.18. The number of thiazole rings is 1. The molecule has 0 amide bonds. The SMILES string of the molecule is CCNCc1sc(N(C)CCN(C)C)nc1COC.